The minimum Gasteiger partial charge on any atom is -0.378 e. The Kier molecular flexibility index (Phi) is 3.81. The Balaban J connectivity index is 1.42. The quantitative estimate of drug-likeness (QED) is 0.756. The summed E-state index contributed by atoms with van der Waals surface area (Å²) in [6.45, 7) is 8.24. The third-order valence-electron chi connectivity index (χ3n) is 5.18. The van der Waals surface area contributed by atoms with Crippen LogP contribution in [-0.4, -0.2) is 61.6 Å². The first-order valence-electron chi connectivity index (χ1n) is 7.75. The average molecular weight is 266 g/mol. The minimum atomic E-state index is 0.294. The molecule has 1 aliphatic carbocycles. The van der Waals surface area contributed by atoms with Crippen molar-refractivity contribution in [3.8, 4) is 0 Å². The van der Waals surface area contributed by atoms with Gasteiger partial charge in [0.1, 0.15) is 0 Å². The molecule has 2 heterocycles. The van der Waals surface area contributed by atoms with Crippen molar-refractivity contribution in [3.63, 3.8) is 0 Å². The molecule has 0 bridgehead atoms. The fourth-order valence-corrected chi connectivity index (χ4v) is 3.81. The van der Waals surface area contributed by atoms with Crippen LogP contribution in [0.1, 0.15) is 32.6 Å². The molecule has 1 spiro atoms. The number of hydrogen-bond acceptors (Lipinski definition) is 3. The lowest BCUT2D eigenvalue weighted by atomic mass is 9.66. The van der Waals surface area contributed by atoms with Crippen LogP contribution in [0.15, 0.2) is 0 Å². The number of carbonyl (C=O) groups is 1. The number of nitrogens with zero attached hydrogens (tertiary/aromatic N) is 2. The van der Waals surface area contributed by atoms with E-state index in [0.29, 0.717) is 31.1 Å². The van der Waals surface area contributed by atoms with Gasteiger partial charge in [-0.3, -0.25) is 9.69 Å². The molecule has 0 radical (unpaired) electrons. The van der Waals surface area contributed by atoms with Gasteiger partial charge >= 0.3 is 0 Å². The molecule has 0 aromatic rings. The lowest BCUT2D eigenvalue weighted by Gasteiger charge is -2.53. The summed E-state index contributed by atoms with van der Waals surface area (Å²) in [6, 6.07) is 0. The lowest BCUT2D eigenvalue weighted by molar-refractivity contribution is -0.141. The SMILES string of the molecule is CC1CCC2(CC1)CN(CC(=O)N1CCOCC1)C2. The van der Waals surface area contributed by atoms with Gasteiger partial charge in [0.15, 0.2) is 0 Å². The number of rotatable bonds is 2. The summed E-state index contributed by atoms with van der Waals surface area (Å²) in [5.41, 5.74) is 0.567. The number of amides is 1. The number of carbonyl (C=O) groups excluding carboxylic acids is 1. The first-order valence-corrected chi connectivity index (χ1v) is 7.75. The van der Waals surface area contributed by atoms with Crippen molar-refractivity contribution in [1.29, 1.82) is 0 Å². The van der Waals surface area contributed by atoms with Gasteiger partial charge in [-0.1, -0.05) is 19.8 Å². The van der Waals surface area contributed by atoms with Gasteiger partial charge in [-0.2, -0.15) is 0 Å². The van der Waals surface area contributed by atoms with E-state index in [2.05, 4.69) is 11.8 Å². The minimum absolute atomic E-state index is 0.294. The maximum absolute atomic E-state index is 12.2. The van der Waals surface area contributed by atoms with Crippen LogP contribution < -0.4 is 0 Å². The summed E-state index contributed by atoms with van der Waals surface area (Å²) in [4.78, 5) is 16.5. The van der Waals surface area contributed by atoms with E-state index in [9.17, 15) is 4.79 Å². The summed E-state index contributed by atoms with van der Waals surface area (Å²) in [5, 5.41) is 0. The van der Waals surface area contributed by atoms with Gasteiger partial charge in [-0.25, -0.2) is 0 Å². The Morgan fingerprint density at radius 2 is 1.84 bits per heavy atom. The molecule has 1 amide bonds. The Hall–Kier alpha value is -0.610. The van der Waals surface area contributed by atoms with E-state index >= 15 is 0 Å². The van der Waals surface area contributed by atoms with Gasteiger partial charge in [0.05, 0.1) is 19.8 Å². The van der Waals surface area contributed by atoms with Crippen molar-refractivity contribution < 1.29 is 9.53 Å². The summed E-state index contributed by atoms with van der Waals surface area (Å²) in [5.74, 6) is 1.21. The highest BCUT2D eigenvalue weighted by Crippen LogP contribution is 2.45. The van der Waals surface area contributed by atoms with Gasteiger partial charge in [0, 0.05) is 26.2 Å². The monoisotopic (exact) mass is 266 g/mol. The standard InChI is InChI=1S/C15H26N2O2/c1-13-2-4-15(5-3-13)11-16(12-15)10-14(18)17-6-8-19-9-7-17/h13H,2-12H2,1H3. The molecule has 1 saturated carbocycles. The second kappa shape index (κ2) is 5.41. The highest BCUT2D eigenvalue weighted by Gasteiger charge is 2.44. The van der Waals surface area contributed by atoms with Crippen LogP contribution in [0.3, 0.4) is 0 Å². The largest absolute Gasteiger partial charge is 0.378 e. The van der Waals surface area contributed by atoms with Crippen molar-refractivity contribution in [2.75, 3.05) is 45.9 Å². The van der Waals surface area contributed by atoms with Gasteiger partial charge in [-0.15, -0.1) is 0 Å². The summed E-state index contributed by atoms with van der Waals surface area (Å²) in [6.07, 6.45) is 5.50. The zero-order chi connectivity index (χ0) is 13.3. The molecule has 2 aliphatic heterocycles. The van der Waals surface area contributed by atoms with E-state index in [4.69, 9.17) is 4.74 Å². The third-order valence-corrected chi connectivity index (χ3v) is 5.18. The summed E-state index contributed by atoms with van der Waals surface area (Å²) >= 11 is 0. The topological polar surface area (TPSA) is 32.8 Å². The van der Waals surface area contributed by atoms with Crippen molar-refractivity contribution in [2.45, 2.75) is 32.6 Å². The number of morpholine rings is 1. The molecule has 3 rings (SSSR count). The molecule has 3 aliphatic rings. The zero-order valence-corrected chi connectivity index (χ0v) is 12.1. The lowest BCUT2D eigenvalue weighted by Crippen LogP contribution is -2.60. The zero-order valence-electron chi connectivity index (χ0n) is 12.1. The Morgan fingerprint density at radius 3 is 2.47 bits per heavy atom. The highest BCUT2D eigenvalue weighted by molar-refractivity contribution is 5.78. The van der Waals surface area contributed by atoms with Crippen molar-refractivity contribution >= 4 is 5.91 Å². The van der Waals surface area contributed by atoms with Crippen LogP contribution >= 0.6 is 0 Å². The Bertz CT molecular complexity index is 323. The number of ether oxygens (including phenoxy) is 1. The molecule has 0 N–H and O–H groups in total. The van der Waals surface area contributed by atoms with Crippen molar-refractivity contribution in [2.24, 2.45) is 11.3 Å². The Morgan fingerprint density at radius 1 is 1.21 bits per heavy atom. The maximum atomic E-state index is 12.2. The molecule has 108 valence electrons. The van der Waals surface area contributed by atoms with Crippen LogP contribution in [0, 0.1) is 11.3 Å². The molecule has 0 aromatic carbocycles. The molecule has 4 heteroatoms. The van der Waals surface area contributed by atoms with E-state index in [-0.39, 0.29) is 0 Å². The van der Waals surface area contributed by atoms with Crippen LogP contribution in [0.4, 0.5) is 0 Å². The second-order valence-electron chi connectivity index (χ2n) is 6.82. The summed E-state index contributed by atoms with van der Waals surface area (Å²) < 4.78 is 5.29. The van der Waals surface area contributed by atoms with E-state index in [0.717, 1.165) is 32.1 Å². The first-order chi connectivity index (χ1) is 9.17. The molecule has 0 aromatic heterocycles. The third kappa shape index (κ3) is 2.95. The molecule has 19 heavy (non-hydrogen) atoms. The van der Waals surface area contributed by atoms with Gasteiger partial charge in [0.2, 0.25) is 5.91 Å². The fourth-order valence-electron chi connectivity index (χ4n) is 3.81. The van der Waals surface area contributed by atoms with Gasteiger partial charge in [0.25, 0.3) is 0 Å². The average Bonchev–Trinajstić information content (AvgIpc) is 2.40. The van der Waals surface area contributed by atoms with E-state index in [1.54, 1.807) is 0 Å². The van der Waals surface area contributed by atoms with Crippen LogP contribution in [-0.2, 0) is 9.53 Å². The number of likely N-dealkylation sites (tertiary alicyclic amines) is 1. The van der Waals surface area contributed by atoms with Crippen molar-refractivity contribution in [1.82, 2.24) is 9.80 Å². The summed E-state index contributed by atoms with van der Waals surface area (Å²) in [7, 11) is 0. The first kappa shape index (κ1) is 13.4. The van der Waals surface area contributed by atoms with Gasteiger partial charge in [-0.05, 0) is 24.2 Å². The fraction of sp³-hybridized carbons (Fsp3) is 0.933. The number of hydrogen-bond donors (Lipinski definition) is 0. The van der Waals surface area contributed by atoms with E-state index in [1.807, 2.05) is 4.90 Å². The van der Waals surface area contributed by atoms with Crippen LogP contribution in [0.25, 0.3) is 0 Å². The molecule has 2 saturated heterocycles. The molecule has 4 nitrogen and oxygen atoms in total. The molecular weight excluding hydrogens is 240 g/mol. The second-order valence-corrected chi connectivity index (χ2v) is 6.82. The Labute approximate surface area is 116 Å². The van der Waals surface area contributed by atoms with Crippen LogP contribution in [0.5, 0.6) is 0 Å². The van der Waals surface area contributed by atoms with E-state index in [1.165, 1.54) is 25.7 Å². The van der Waals surface area contributed by atoms with Crippen molar-refractivity contribution in [3.05, 3.63) is 0 Å². The van der Waals surface area contributed by atoms with Crippen LogP contribution in [0.2, 0.25) is 0 Å². The predicted octanol–water partition coefficient (Wildman–Crippen LogP) is 1.36. The molecule has 0 unspecified atom stereocenters. The smallest absolute Gasteiger partial charge is 0.236 e. The maximum Gasteiger partial charge on any atom is 0.236 e. The molecular formula is C15H26N2O2. The molecule has 0 atom stereocenters. The highest BCUT2D eigenvalue weighted by atomic mass is 16.5. The van der Waals surface area contributed by atoms with E-state index < -0.39 is 0 Å². The molecule has 3 fully saturated rings. The predicted molar refractivity (Wildman–Crippen MR) is 73.9 cm³/mol. The van der Waals surface area contributed by atoms with Gasteiger partial charge < -0.3 is 9.64 Å². The normalized spacial score (nSPS) is 28.4.